The summed E-state index contributed by atoms with van der Waals surface area (Å²) in [7, 11) is 2.13. The fourth-order valence-corrected chi connectivity index (χ4v) is 3.89. The zero-order valence-corrected chi connectivity index (χ0v) is 17.2. The normalized spacial score (nSPS) is 15.3. The van der Waals surface area contributed by atoms with Crippen molar-refractivity contribution in [1.29, 1.82) is 0 Å². The Morgan fingerprint density at radius 1 is 1.06 bits per heavy atom. The van der Waals surface area contributed by atoms with Crippen molar-refractivity contribution >= 4 is 22.5 Å². The van der Waals surface area contributed by atoms with Gasteiger partial charge in [0.05, 0.1) is 6.20 Å². The van der Waals surface area contributed by atoms with Crippen LogP contribution in [-0.2, 0) is 0 Å². The molecule has 0 spiro atoms. The summed E-state index contributed by atoms with van der Waals surface area (Å²) in [6, 6.07) is 7.35. The van der Waals surface area contributed by atoms with E-state index >= 15 is 0 Å². The number of likely N-dealkylation sites (tertiary alicyclic amines) is 1. The van der Waals surface area contributed by atoms with Crippen LogP contribution in [0.25, 0.3) is 22.2 Å². The molecule has 0 radical (unpaired) electrons. The Bertz CT molecular complexity index is 1220. The molecule has 8 heteroatoms. The first-order valence-electron chi connectivity index (χ1n) is 10.3. The Kier molecular flexibility index (Phi) is 5.13. The van der Waals surface area contributed by atoms with Gasteiger partial charge in [-0.05, 0) is 62.6 Å². The van der Waals surface area contributed by atoms with Crippen molar-refractivity contribution < 1.29 is 9.21 Å². The number of pyridine rings is 3. The van der Waals surface area contributed by atoms with Crippen LogP contribution in [0.2, 0.25) is 0 Å². The lowest BCUT2D eigenvalue weighted by Gasteiger charge is -2.28. The standard InChI is InChI=1S/C23H22N6O2/c1-29-6-3-15(4-7-29)19-8-16(2-5-25-19)23(30)28-22-10-17-9-20(21-13-24-14-31-21)26-11-18(17)12-27-22/h2,5,8-15H,3-4,6-7H2,1H3,(H,27,28,30). The van der Waals surface area contributed by atoms with Gasteiger partial charge in [0.1, 0.15) is 11.5 Å². The lowest BCUT2D eigenvalue weighted by molar-refractivity contribution is 0.102. The molecule has 8 nitrogen and oxygen atoms in total. The summed E-state index contributed by atoms with van der Waals surface area (Å²) in [6.45, 7) is 2.10. The number of oxazole rings is 1. The summed E-state index contributed by atoms with van der Waals surface area (Å²) in [5.41, 5.74) is 2.24. The molecule has 5 rings (SSSR count). The molecule has 4 aromatic rings. The zero-order chi connectivity index (χ0) is 21.2. The van der Waals surface area contributed by atoms with Crippen molar-refractivity contribution in [2.75, 3.05) is 25.5 Å². The van der Waals surface area contributed by atoms with E-state index in [-0.39, 0.29) is 5.91 Å². The van der Waals surface area contributed by atoms with Crippen LogP contribution in [-0.4, -0.2) is 50.9 Å². The van der Waals surface area contributed by atoms with Crippen molar-refractivity contribution in [3.8, 4) is 11.5 Å². The van der Waals surface area contributed by atoms with Crippen molar-refractivity contribution in [1.82, 2.24) is 24.8 Å². The van der Waals surface area contributed by atoms with E-state index < -0.39 is 0 Å². The molecule has 5 heterocycles. The van der Waals surface area contributed by atoms with Crippen LogP contribution in [0.1, 0.15) is 34.8 Å². The first-order valence-corrected chi connectivity index (χ1v) is 10.3. The number of rotatable bonds is 4. The van der Waals surface area contributed by atoms with Crippen LogP contribution < -0.4 is 5.32 Å². The van der Waals surface area contributed by atoms with E-state index in [9.17, 15) is 4.79 Å². The fraction of sp³-hybridized carbons (Fsp3) is 0.261. The number of amides is 1. The number of nitrogens with one attached hydrogen (secondary N) is 1. The molecule has 0 aromatic carbocycles. The van der Waals surface area contributed by atoms with Gasteiger partial charge in [-0.3, -0.25) is 14.8 Å². The molecule has 0 saturated carbocycles. The molecule has 0 unspecified atom stereocenters. The quantitative estimate of drug-likeness (QED) is 0.543. The highest BCUT2D eigenvalue weighted by Gasteiger charge is 2.20. The summed E-state index contributed by atoms with van der Waals surface area (Å²) in [5.74, 6) is 1.25. The van der Waals surface area contributed by atoms with Crippen molar-refractivity contribution in [2.45, 2.75) is 18.8 Å². The van der Waals surface area contributed by atoms with E-state index in [2.05, 4.69) is 37.2 Å². The van der Waals surface area contributed by atoms with Gasteiger partial charge in [-0.15, -0.1) is 0 Å². The average Bonchev–Trinajstić information content (AvgIpc) is 3.34. The predicted molar refractivity (Wildman–Crippen MR) is 117 cm³/mol. The highest BCUT2D eigenvalue weighted by Crippen LogP contribution is 2.27. The number of anilines is 1. The second-order valence-electron chi connectivity index (χ2n) is 7.85. The molecule has 1 fully saturated rings. The Labute approximate surface area is 179 Å². The Morgan fingerprint density at radius 2 is 1.90 bits per heavy atom. The minimum absolute atomic E-state index is 0.201. The molecule has 1 aliphatic rings. The van der Waals surface area contributed by atoms with Crippen LogP contribution >= 0.6 is 0 Å². The Hall–Kier alpha value is -3.65. The van der Waals surface area contributed by atoms with Gasteiger partial charge in [-0.25, -0.2) is 9.97 Å². The van der Waals surface area contributed by atoms with E-state index in [0.29, 0.717) is 28.8 Å². The highest BCUT2D eigenvalue weighted by molar-refractivity contribution is 6.04. The second-order valence-corrected chi connectivity index (χ2v) is 7.85. The summed E-state index contributed by atoms with van der Waals surface area (Å²) in [5, 5.41) is 4.67. The predicted octanol–water partition coefficient (Wildman–Crippen LogP) is 3.74. The Morgan fingerprint density at radius 3 is 2.71 bits per heavy atom. The van der Waals surface area contributed by atoms with Gasteiger partial charge < -0.3 is 14.6 Å². The first-order chi connectivity index (χ1) is 15.2. The van der Waals surface area contributed by atoms with Gasteiger partial charge in [0.15, 0.2) is 12.2 Å². The highest BCUT2D eigenvalue weighted by atomic mass is 16.3. The third kappa shape index (κ3) is 4.15. The van der Waals surface area contributed by atoms with Crippen molar-refractivity contribution in [3.05, 3.63) is 66.7 Å². The molecular formula is C23H22N6O2. The molecule has 0 bridgehead atoms. The smallest absolute Gasteiger partial charge is 0.256 e. The minimum atomic E-state index is -0.201. The van der Waals surface area contributed by atoms with Gasteiger partial charge in [0.25, 0.3) is 5.91 Å². The largest absolute Gasteiger partial charge is 0.442 e. The lowest BCUT2D eigenvalue weighted by atomic mass is 9.92. The maximum Gasteiger partial charge on any atom is 0.256 e. The van der Waals surface area contributed by atoms with E-state index in [1.54, 1.807) is 30.9 Å². The Balaban J connectivity index is 1.35. The molecule has 1 amide bonds. The monoisotopic (exact) mass is 414 g/mol. The van der Waals surface area contributed by atoms with E-state index in [0.717, 1.165) is 42.4 Å². The van der Waals surface area contributed by atoms with Crippen LogP contribution in [0.15, 0.2) is 59.9 Å². The number of piperidine rings is 1. The number of hydrogen-bond acceptors (Lipinski definition) is 7. The molecule has 1 saturated heterocycles. The third-order valence-corrected chi connectivity index (χ3v) is 5.71. The number of hydrogen-bond donors (Lipinski definition) is 1. The van der Waals surface area contributed by atoms with Crippen molar-refractivity contribution in [2.24, 2.45) is 0 Å². The van der Waals surface area contributed by atoms with E-state index in [1.165, 1.54) is 6.39 Å². The third-order valence-electron chi connectivity index (χ3n) is 5.71. The number of fused-ring (bicyclic) bond motifs is 1. The van der Waals surface area contributed by atoms with Crippen LogP contribution in [0.5, 0.6) is 0 Å². The minimum Gasteiger partial charge on any atom is -0.442 e. The molecule has 156 valence electrons. The van der Waals surface area contributed by atoms with Gasteiger partial charge in [0.2, 0.25) is 0 Å². The van der Waals surface area contributed by atoms with Gasteiger partial charge >= 0.3 is 0 Å². The van der Waals surface area contributed by atoms with Crippen LogP contribution in [0.4, 0.5) is 5.82 Å². The second kappa shape index (κ2) is 8.23. The van der Waals surface area contributed by atoms with Crippen molar-refractivity contribution in [3.63, 3.8) is 0 Å². The number of carbonyl (C=O) groups excluding carboxylic acids is 1. The maximum atomic E-state index is 12.9. The molecule has 0 atom stereocenters. The summed E-state index contributed by atoms with van der Waals surface area (Å²) >= 11 is 0. The zero-order valence-electron chi connectivity index (χ0n) is 17.2. The average molecular weight is 414 g/mol. The molecular weight excluding hydrogens is 392 g/mol. The molecule has 31 heavy (non-hydrogen) atoms. The molecule has 4 aromatic heterocycles. The SMILES string of the molecule is CN1CCC(c2cc(C(=O)Nc3cc4cc(-c5cnco5)ncc4cn3)ccn2)CC1. The molecule has 0 aliphatic carbocycles. The van der Waals surface area contributed by atoms with Gasteiger partial charge in [-0.1, -0.05) is 0 Å². The van der Waals surface area contributed by atoms with Gasteiger partial charge in [0, 0.05) is 41.2 Å². The van der Waals surface area contributed by atoms with Crippen LogP contribution in [0.3, 0.4) is 0 Å². The number of aromatic nitrogens is 4. The van der Waals surface area contributed by atoms with Gasteiger partial charge in [-0.2, -0.15) is 0 Å². The van der Waals surface area contributed by atoms with Crippen LogP contribution in [0, 0.1) is 0 Å². The number of carbonyl (C=O) groups is 1. The fourth-order valence-electron chi connectivity index (χ4n) is 3.89. The first kappa shape index (κ1) is 19.3. The lowest BCUT2D eigenvalue weighted by Crippen LogP contribution is -2.29. The summed E-state index contributed by atoms with van der Waals surface area (Å²) in [4.78, 5) is 32.4. The maximum absolute atomic E-state index is 12.9. The topological polar surface area (TPSA) is 97.0 Å². The van der Waals surface area contributed by atoms with E-state index in [1.807, 2.05) is 18.2 Å². The summed E-state index contributed by atoms with van der Waals surface area (Å²) < 4.78 is 5.32. The van der Waals surface area contributed by atoms with E-state index in [4.69, 9.17) is 4.42 Å². The summed E-state index contributed by atoms with van der Waals surface area (Å²) in [6.07, 6.45) is 10.2. The molecule has 1 N–H and O–H groups in total. The number of nitrogens with zero attached hydrogens (tertiary/aromatic N) is 5. The molecule has 1 aliphatic heterocycles.